The van der Waals surface area contributed by atoms with Crippen molar-refractivity contribution in [1.82, 2.24) is 4.72 Å². The van der Waals surface area contributed by atoms with E-state index in [0.717, 1.165) is 18.8 Å². The minimum absolute atomic E-state index is 0.253. The molecule has 0 amide bonds. The maximum atomic E-state index is 12.9. The van der Waals surface area contributed by atoms with Gasteiger partial charge in [0.1, 0.15) is 24.4 Å². The zero-order valence-electron chi connectivity index (χ0n) is 17.1. The van der Waals surface area contributed by atoms with Crippen LogP contribution in [0.5, 0.6) is 0 Å². The highest BCUT2D eigenvalue weighted by Crippen LogP contribution is 2.26. The number of allylic oxidation sites excluding steroid dienone is 2. The van der Waals surface area contributed by atoms with Crippen molar-refractivity contribution in [3.63, 3.8) is 0 Å². The molecule has 2 heterocycles. The quantitative estimate of drug-likeness (QED) is 0.405. The molecule has 4 N–H and O–H groups in total. The average Bonchev–Trinajstić information content (AvgIpc) is 2.78. The fourth-order valence-corrected chi connectivity index (χ4v) is 4.99. The number of aliphatic hydroxyl groups is 3. The van der Waals surface area contributed by atoms with Crippen LogP contribution in [-0.2, 0) is 19.5 Å². The first-order chi connectivity index (χ1) is 14.8. The molecule has 0 saturated carbocycles. The van der Waals surface area contributed by atoms with Gasteiger partial charge in [0.2, 0.25) is 0 Å². The highest BCUT2D eigenvalue weighted by atomic mass is 32.2. The predicted molar refractivity (Wildman–Crippen MR) is 112 cm³/mol. The summed E-state index contributed by atoms with van der Waals surface area (Å²) in [4.78, 5) is 1.67. The molecule has 0 bridgehead atoms. The van der Waals surface area contributed by atoms with Gasteiger partial charge in [-0.3, -0.25) is 0 Å². The van der Waals surface area contributed by atoms with Crippen LogP contribution in [0.25, 0.3) is 5.57 Å². The lowest BCUT2D eigenvalue weighted by Gasteiger charge is -2.36. The molecule has 0 spiro atoms. The number of nitrogens with one attached hydrogen (secondary N) is 1. The average molecular weight is 454 g/mol. The first kappa shape index (κ1) is 23.6. The van der Waals surface area contributed by atoms with Gasteiger partial charge in [0.15, 0.2) is 4.91 Å². The summed E-state index contributed by atoms with van der Waals surface area (Å²) in [7, 11) is -4.30. The number of benzene rings is 1. The first-order valence-electron chi connectivity index (χ1n) is 9.93. The van der Waals surface area contributed by atoms with Crippen molar-refractivity contribution in [2.45, 2.75) is 31.3 Å². The highest BCUT2D eigenvalue weighted by molar-refractivity contribution is 7.93. The number of hydrogen-bond donors (Lipinski definition) is 4. The van der Waals surface area contributed by atoms with Crippen LogP contribution in [0.2, 0.25) is 0 Å². The number of rotatable bonds is 6. The smallest absolute Gasteiger partial charge is 0.251 e. The monoisotopic (exact) mass is 453 g/mol. The summed E-state index contributed by atoms with van der Waals surface area (Å²) in [5, 5.41) is 38.8. The van der Waals surface area contributed by atoms with Crippen molar-refractivity contribution < 1.29 is 33.2 Å². The molecule has 3 rings (SSSR count). The number of aliphatic hydroxyl groups excluding tert-OH is 3. The number of ether oxygens (including phenoxy) is 2. The lowest BCUT2D eigenvalue weighted by Crippen LogP contribution is -2.59. The minimum Gasteiger partial charge on any atom is -0.394 e. The summed E-state index contributed by atoms with van der Waals surface area (Å²) in [5.74, 6) is 0. The standard InChI is InChI=1S/C20H27N3O7S/c1-13(14-2-4-15(5-3-14)23-6-8-29-9-7-23)18(10-21)31(27,28)22-16-12-30-17(11-24)20(26)19(16)25/h2-5,16-17,19-20,22,24-26H,6-9,11-12H2,1H3/b18-13+/t16-,17+,19+,20+/m0/s1. The van der Waals surface area contributed by atoms with Gasteiger partial charge in [-0.1, -0.05) is 12.1 Å². The van der Waals surface area contributed by atoms with Gasteiger partial charge in [-0.25, -0.2) is 13.1 Å². The first-order valence-corrected chi connectivity index (χ1v) is 11.4. The third-order valence-electron chi connectivity index (χ3n) is 5.51. The summed E-state index contributed by atoms with van der Waals surface area (Å²) in [6, 6.07) is 7.80. The van der Waals surface area contributed by atoms with E-state index in [9.17, 15) is 23.9 Å². The number of nitrogens with zero attached hydrogens (tertiary/aromatic N) is 2. The van der Waals surface area contributed by atoms with E-state index >= 15 is 0 Å². The molecular weight excluding hydrogens is 426 g/mol. The van der Waals surface area contributed by atoms with Crippen LogP contribution in [0.4, 0.5) is 5.69 Å². The number of hydrogen-bond acceptors (Lipinski definition) is 9. The molecule has 0 radical (unpaired) electrons. The molecule has 2 saturated heterocycles. The second-order valence-electron chi connectivity index (χ2n) is 7.48. The second kappa shape index (κ2) is 10.1. The van der Waals surface area contributed by atoms with E-state index in [0.29, 0.717) is 18.8 Å². The van der Waals surface area contributed by atoms with Crippen molar-refractivity contribution in [1.29, 1.82) is 5.26 Å². The van der Waals surface area contributed by atoms with Crippen LogP contribution in [0.1, 0.15) is 12.5 Å². The van der Waals surface area contributed by atoms with Gasteiger partial charge in [0.25, 0.3) is 10.0 Å². The molecule has 1 aromatic carbocycles. The predicted octanol–water partition coefficient (Wildman–Crippen LogP) is -0.821. The summed E-state index contributed by atoms with van der Waals surface area (Å²) in [6.07, 6.45) is -3.96. The van der Waals surface area contributed by atoms with Crippen LogP contribution in [0, 0.1) is 11.3 Å². The third-order valence-corrected chi connectivity index (χ3v) is 7.05. The Morgan fingerprint density at radius 2 is 1.87 bits per heavy atom. The summed E-state index contributed by atoms with van der Waals surface area (Å²) in [5.41, 5.74) is 1.80. The van der Waals surface area contributed by atoms with E-state index in [1.807, 2.05) is 12.1 Å². The van der Waals surface area contributed by atoms with E-state index in [2.05, 4.69) is 9.62 Å². The Kier molecular flexibility index (Phi) is 7.66. The molecule has 170 valence electrons. The van der Waals surface area contributed by atoms with E-state index in [-0.39, 0.29) is 12.2 Å². The minimum atomic E-state index is -4.30. The molecule has 31 heavy (non-hydrogen) atoms. The highest BCUT2D eigenvalue weighted by Gasteiger charge is 2.40. The zero-order valence-corrected chi connectivity index (χ0v) is 18.0. The molecule has 0 unspecified atom stereocenters. The van der Waals surface area contributed by atoms with Crippen LogP contribution in [-0.4, -0.2) is 87.6 Å². The van der Waals surface area contributed by atoms with Gasteiger partial charge in [-0.2, -0.15) is 5.26 Å². The molecule has 0 aromatic heterocycles. The Labute approximate surface area is 181 Å². The molecule has 4 atom stereocenters. The largest absolute Gasteiger partial charge is 0.394 e. The number of morpholine rings is 1. The Balaban J connectivity index is 1.79. The van der Waals surface area contributed by atoms with Crippen molar-refractivity contribution in [3.05, 3.63) is 34.7 Å². The molecule has 11 heteroatoms. The molecule has 2 aliphatic heterocycles. The SMILES string of the molecule is C/C(=C(/C#N)S(=O)(=O)N[C@H]1CO[C@H](CO)[C@@H](O)[C@@H]1O)c1ccc(N2CCOCC2)cc1. The van der Waals surface area contributed by atoms with Crippen molar-refractivity contribution in [3.8, 4) is 6.07 Å². The third kappa shape index (κ3) is 5.24. The van der Waals surface area contributed by atoms with Gasteiger partial charge < -0.3 is 29.7 Å². The van der Waals surface area contributed by atoms with Gasteiger partial charge in [0, 0.05) is 18.8 Å². The van der Waals surface area contributed by atoms with Crippen molar-refractivity contribution in [2.75, 3.05) is 44.4 Å². The molecule has 10 nitrogen and oxygen atoms in total. The van der Waals surface area contributed by atoms with E-state index < -0.39 is 45.9 Å². The maximum absolute atomic E-state index is 12.9. The fourth-order valence-electron chi connectivity index (χ4n) is 3.63. The van der Waals surface area contributed by atoms with E-state index in [4.69, 9.17) is 14.6 Å². The number of anilines is 1. The maximum Gasteiger partial charge on any atom is 0.251 e. The van der Waals surface area contributed by atoms with Crippen LogP contribution >= 0.6 is 0 Å². The summed E-state index contributed by atoms with van der Waals surface area (Å²) < 4.78 is 38.5. The zero-order chi connectivity index (χ0) is 22.6. The normalized spacial score (nSPS) is 28.0. The van der Waals surface area contributed by atoms with Gasteiger partial charge >= 0.3 is 0 Å². The van der Waals surface area contributed by atoms with Crippen LogP contribution in [0.15, 0.2) is 29.2 Å². The summed E-state index contributed by atoms with van der Waals surface area (Å²) in [6.45, 7) is 3.60. The van der Waals surface area contributed by atoms with Crippen molar-refractivity contribution in [2.24, 2.45) is 0 Å². The van der Waals surface area contributed by atoms with Crippen LogP contribution in [0.3, 0.4) is 0 Å². The van der Waals surface area contributed by atoms with Crippen molar-refractivity contribution >= 4 is 21.3 Å². The van der Waals surface area contributed by atoms with Gasteiger partial charge in [-0.05, 0) is 30.2 Å². The lowest BCUT2D eigenvalue weighted by molar-refractivity contribution is -0.158. The molecule has 0 aliphatic carbocycles. The lowest BCUT2D eigenvalue weighted by atomic mass is 9.99. The Morgan fingerprint density at radius 3 is 2.45 bits per heavy atom. The van der Waals surface area contributed by atoms with Gasteiger partial charge in [-0.15, -0.1) is 0 Å². The second-order valence-corrected chi connectivity index (χ2v) is 9.13. The van der Waals surface area contributed by atoms with Gasteiger partial charge in [0.05, 0.1) is 32.5 Å². The van der Waals surface area contributed by atoms with Crippen LogP contribution < -0.4 is 9.62 Å². The van der Waals surface area contributed by atoms with E-state index in [1.165, 1.54) is 6.92 Å². The topological polar surface area (TPSA) is 152 Å². The Hall–Kier alpha value is -2.04. The number of sulfonamides is 1. The molecular formula is C20H27N3O7S. The van der Waals surface area contributed by atoms with E-state index in [1.54, 1.807) is 18.2 Å². The summed E-state index contributed by atoms with van der Waals surface area (Å²) >= 11 is 0. The Morgan fingerprint density at radius 1 is 1.23 bits per heavy atom. The molecule has 2 fully saturated rings. The fraction of sp³-hybridized carbons (Fsp3) is 0.550. The Bertz CT molecular complexity index is 937. The molecule has 2 aliphatic rings. The molecule has 1 aromatic rings. The number of nitriles is 1.